The number of carbonyl (C=O) groups excluding carboxylic acids is 1. The molecule has 0 radical (unpaired) electrons. The third-order valence-electron chi connectivity index (χ3n) is 3.22. The molecule has 1 aromatic heterocycles. The summed E-state index contributed by atoms with van der Waals surface area (Å²) in [7, 11) is 0. The number of nitrogens with zero attached hydrogens (tertiary/aromatic N) is 2. The van der Waals surface area contributed by atoms with Crippen molar-refractivity contribution in [3.05, 3.63) is 34.8 Å². The van der Waals surface area contributed by atoms with Crippen molar-refractivity contribution in [2.24, 2.45) is 0 Å². The van der Waals surface area contributed by atoms with Crippen LogP contribution in [0.2, 0.25) is 0 Å². The average Bonchev–Trinajstić information content (AvgIpc) is 3.12. The fourth-order valence-corrected chi connectivity index (χ4v) is 2.67. The first-order chi connectivity index (χ1) is 10.2. The summed E-state index contributed by atoms with van der Waals surface area (Å²) < 4.78 is 10.6. The number of benzene rings is 1. The highest BCUT2D eigenvalue weighted by Crippen LogP contribution is 2.32. The van der Waals surface area contributed by atoms with Crippen molar-refractivity contribution >= 4 is 22.4 Å². The van der Waals surface area contributed by atoms with E-state index in [1.165, 1.54) is 11.3 Å². The quantitative estimate of drug-likeness (QED) is 0.936. The van der Waals surface area contributed by atoms with Crippen LogP contribution >= 0.6 is 11.3 Å². The van der Waals surface area contributed by atoms with E-state index in [1.54, 1.807) is 10.3 Å². The number of amides is 1. The summed E-state index contributed by atoms with van der Waals surface area (Å²) in [6.07, 6.45) is 0. The van der Waals surface area contributed by atoms with E-state index in [9.17, 15) is 4.79 Å². The molecule has 0 aliphatic carbocycles. The lowest BCUT2D eigenvalue weighted by Crippen LogP contribution is -2.30. The number of hydrogen-bond acceptors (Lipinski definition) is 6. The number of carbonyl (C=O) groups is 1. The highest BCUT2D eigenvalue weighted by atomic mass is 32.1. The molecule has 3 rings (SSSR count). The second kappa shape index (κ2) is 5.61. The second-order valence-corrected chi connectivity index (χ2v) is 5.47. The van der Waals surface area contributed by atoms with Gasteiger partial charge in [-0.05, 0) is 24.6 Å². The first-order valence-electron chi connectivity index (χ1n) is 6.56. The van der Waals surface area contributed by atoms with Crippen molar-refractivity contribution in [3.63, 3.8) is 0 Å². The first kappa shape index (κ1) is 13.7. The molecule has 2 aromatic rings. The molecule has 0 fully saturated rings. The van der Waals surface area contributed by atoms with E-state index >= 15 is 0 Å². The van der Waals surface area contributed by atoms with Crippen LogP contribution in [0, 0.1) is 0 Å². The van der Waals surface area contributed by atoms with Gasteiger partial charge in [-0.1, -0.05) is 6.07 Å². The Labute approximate surface area is 126 Å². The molecule has 2 heterocycles. The van der Waals surface area contributed by atoms with Gasteiger partial charge in [0.05, 0.1) is 0 Å². The summed E-state index contributed by atoms with van der Waals surface area (Å²) in [5, 5.41) is 2.08. The summed E-state index contributed by atoms with van der Waals surface area (Å²) in [6, 6.07) is 5.68. The highest BCUT2D eigenvalue weighted by Gasteiger charge is 2.19. The van der Waals surface area contributed by atoms with Crippen molar-refractivity contribution in [2.75, 3.05) is 19.1 Å². The first-order valence-corrected chi connectivity index (χ1v) is 7.44. The van der Waals surface area contributed by atoms with Crippen molar-refractivity contribution in [1.29, 1.82) is 0 Å². The van der Waals surface area contributed by atoms with E-state index in [4.69, 9.17) is 15.2 Å². The third kappa shape index (κ3) is 2.78. The number of hydrogen-bond donors (Lipinski definition) is 1. The number of nitrogen functional groups attached to an aromatic ring is 1. The normalized spacial score (nSPS) is 12.4. The zero-order valence-electron chi connectivity index (χ0n) is 11.5. The van der Waals surface area contributed by atoms with Crippen molar-refractivity contribution in [1.82, 2.24) is 9.88 Å². The Balaban J connectivity index is 1.76. The van der Waals surface area contributed by atoms with E-state index in [1.807, 2.05) is 25.1 Å². The molecule has 0 spiro atoms. The largest absolute Gasteiger partial charge is 0.454 e. The lowest BCUT2D eigenvalue weighted by atomic mass is 10.2. The van der Waals surface area contributed by atoms with E-state index in [-0.39, 0.29) is 12.7 Å². The molecule has 0 atom stereocenters. The van der Waals surface area contributed by atoms with Gasteiger partial charge >= 0.3 is 0 Å². The number of ether oxygens (including phenoxy) is 2. The molecule has 2 N–H and O–H groups in total. The Kier molecular flexibility index (Phi) is 3.66. The molecule has 21 heavy (non-hydrogen) atoms. The average molecular weight is 305 g/mol. The number of nitrogens with two attached hydrogens (primary N) is 1. The van der Waals surface area contributed by atoms with Crippen LogP contribution in [-0.4, -0.2) is 29.1 Å². The van der Waals surface area contributed by atoms with Crippen LogP contribution in [0.3, 0.4) is 0 Å². The summed E-state index contributed by atoms with van der Waals surface area (Å²) in [6.45, 7) is 3.25. The molecule has 1 aliphatic rings. The number of rotatable bonds is 4. The number of aromatic nitrogens is 1. The Morgan fingerprint density at radius 2 is 2.24 bits per heavy atom. The maximum Gasteiger partial charge on any atom is 0.273 e. The number of fused-ring (bicyclic) bond motifs is 1. The van der Waals surface area contributed by atoms with Gasteiger partial charge in [-0.3, -0.25) is 4.79 Å². The monoisotopic (exact) mass is 305 g/mol. The maximum atomic E-state index is 12.4. The van der Waals surface area contributed by atoms with E-state index in [0.29, 0.717) is 29.7 Å². The van der Waals surface area contributed by atoms with Gasteiger partial charge in [0.15, 0.2) is 16.6 Å². The lowest BCUT2D eigenvalue weighted by molar-refractivity contribution is 0.0747. The van der Waals surface area contributed by atoms with Crippen LogP contribution in [0.15, 0.2) is 23.6 Å². The summed E-state index contributed by atoms with van der Waals surface area (Å²) >= 11 is 1.27. The Bertz CT molecular complexity index is 671. The van der Waals surface area contributed by atoms with Gasteiger partial charge in [0.1, 0.15) is 5.69 Å². The molecule has 0 bridgehead atoms. The molecule has 0 saturated heterocycles. The van der Waals surface area contributed by atoms with Crippen LogP contribution in [0.5, 0.6) is 11.5 Å². The Morgan fingerprint density at radius 3 is 2.95 bits per heavy atom. The van der Waals surface area contributed by atoms with Crippen LogP contribution < -0.4 is 15.2 Å². The molecule has 1 amide bonds. The highest BCUT2D eigenvalue weighted by molar-refractivity contribution is 7.13. The van der Waals surface area contributed by atoms with E-state index in [0.717, 1.165) is 11.3 Å². The molecule has 6 nitrogen and oxygen atoms in total. The van der Waals surface area contributed by atoms with Gasteiger partial charge in [0.25, 0.3) is 5.91 Å². The topological polar surface area (TPSA) is 77.7 Å². The molecular formula is C14H15N3O3S. The summed E-state index contributed by atoms with van der Waals surface area (Å²) in [5.74, 6) is 1.33. The van der Waals surface area contributed by atoms with Gasteiger partial charge in [0, 0.05) is 18.5 Å². The minimum Gasteiger partial charge on any atom is -0.454 e. The second-order valence-electron chi connectivity index (χ2n) is 4.58. The predicted molar refractivity (Wildman–Crippen MR) is 79.5 cm³/mol. The van der Waals surface area contributed by atoms with Gasteiger partial charge in [-0.25, -0.2) is 4.98 Å². The maximum absolute atomic E-state index is 12.4. The molecule has 0 saturated carbocycles. The van der Waals surface area contributed by atoms with Crippen LogP contribution in [0.1, 0.15) is 23.0 Å². The van der Waals surface area contributed by atoms with Crippen LogP contribution in [0.25, 0.3) is 0 Å². The molecule has 7 heteroatoms. The molecule has 1 aliphatic heterocycles. The fraction of sp³-hybridized carbons (Fsp3) is 0.286. The SMILES string of the molecule is CCN(Cc1ccc2c(c1)OCO2)C(=O)c1csc(N)n1. The van der Waals surface area contributed by atoms with Crippen LogP contribution in [-0.2, 0) is 6.54 Å². The zero-order chi connectivity index (χ0) is 14.8. The number of anilines is 1. The molecule has 1 aromatic carbocycles. The van der Waals surface area contributed by atoms with E-state index in [2.05, 4.69) is 4.98 Å². The predicted octanol–water partition coefficient (Wildman–Crippen LogP) is 2.12. The Hall–Kier alpha value is -2.28. The van der Waals surface area contributed by atoms with E-state index < -0.39 is 0 Å². The summed E-state index contributed by atoms with van der Waals surface area (Å²) in [5.41, 5.74) is 6.95. The fourth-order valence-electron chi connectivity index (χ4n) is 2.13. The summed E-state index contributed by atoms with van der Waals surface area (Å²) in [4.78, 5) is 18.1. The minimum absolute atomic E-state index is 0.122. The van der Waals surface area contributed by atoms with Crippen LogP contribution in [0.4, 0.5) is 5.13 Å². The molecule has 0 unspecified atom stereocenters. The smallest absolute Gasteiger partial charge is 0.273 e. The molecular weight excluding hydrogens is 290 g/mol. The van der Waals surface area contributed by atoms with Gasteiger partial charge < -0.3 is 20.1 Å². The van der Waals surface area contributed by atoms with Gasteiger partial charge in [-0.15, -0.1) is 11.3 Å². The van der Waals surface area contributed by atoms with Gasteiger partial charge in [0.2, 0.25) is 6.79 Å². The lowest BCUT2D eigenvalue weighted by Gasteiger charge is -2.20. The van der Waals surface area contributed by atoms with Crippen molar-refractivity contribution in [2.45, 2.75) is 13.5 Å². The molecule has 110 valence electrons. The Morgan fingerprint density at radius 1 is 1.43 bits per heavy atom. The standard InChI is InChI=1S/C14H15N3O3S/c1-2-17(13(18)10-7-21-14(15)16-10)6-9-3-4-11-12(5-9)20-8-19-11/h3-5,7H,2,6,8H2,1H3,(H2,15,16). The number of thiazole rings is 1. The van der Waals surface area contributed by atoms with Crippen molar-refractivity contribution < 1.29 is 14.3 Å². The zero-order valence-corrected chi connectivity index (χ0v) is 12.4. The van der Waals surface area contributed by atoms with Gasteiger partial charge in [-0.2, -0.15) is 0 Å². The third-order valence-corrected chi connectivity index (χ3v) is 3.89. The van der Waals surface area contributed by atoms with Crippen molar-refractivity contribution in [3.8, 4) is 11.5 Å². The minimum atomic E-state index is -0.122.